The summed E-state index contributed by atoms with van der Waals surface area (Å²) in [7, 11) is -3.25. The lowest BCUT2D eigenvalue weighted by Gasteiger charge is -2.20. The zero-order valence-electron chi connectivity index (χ0n) is 14.4. The van der Waals surface area contributed by atoms with Crippen molar-refractivity contribution in [1.29, 1.82) is 0 Å². The van der Waals surface area contributed by atoms with Gasteiger partial charge in [-0.25, -0.2) is 13.4 Å². The van der Waals surface area contributed by atoms with Crippen molar-refractivity contribution in [2.75, 3.05) is 11.6 Å². The van der Waals surface area contributed by atoms with E-state index in [-0.39, 0.29) is 16.7 Å². The Hall–Kier alpha value is -1.25. The minimum Gasteiger partial charge on any atom is -0.301 e. The van der Waals surface area contributed by atoms with Gasteiger partial charge in [-0.3, -0.25) is 4.79 Å². The van der Waals surface area contributed by atoms with Gasteiger partial charge in [0.25, 0.3) is 0 Å². The van der Waals surface area contributed by atoms with Crippen LogP contribution in [0.15, 0.2) is 39.1 Å². The molecule has 3 rings (SSSR count). The van der Waals surface area contributed by atoms with E-state index in [1.807, 2.05) is 0 Å². The molecule has 1 aromatic carbocycles. The van der Waals surface area contributed by atoms with Crippen molar-refractivity contribution in [1.82, 2.24) is 4.98 Å². The molecule has 2 aromatic rings. The molecule has 1 aliphatic rings. The first kappa shape index (κ1) is 19.5. The normalized spacial score (nSPS) is 16.5. The van der Waals surface area contributed by atoms with E-state index in [4.69, 9.17) is 0 Å². The number of hydrogen-bond donors (Lipinski definition) is 1. The summed E-state index contributed by atoms with van der Waals surface area (Å²) in [4.78, 5) is 17.4. The summed E-state index contributed by atoms with van der Waals surface area (Å²) in [6.45, 7) is 0. The van der Waals surface area contributed by atoms with Crippen LogP contribution in [-0.4, -0.2) is 25.6 Å². The van der Waals surface area contributed by atoms with Crippen LogP contribution in [0.3, 0.4) is 0 Å². The molecule has 1 fully saturated rings. The highest BCUT2D eigenvalue weighted by atomic mass is 79.9. The summed E-state index contributed by atoms with van der Waals surface area (Å²) in [6.07, 6.45) is 8.34. The number of halogens is 1. The molecular weight excluding hydrogens is 436 g/mol. The molecular formula is C18H21BrN2O3S2. The smallest absolute Gasteiger partial charge is 0.233 e. The summed E-state index contributed by atoms with van der Waals surface area (Å²) >= 11 is 4.72. The van der Waals surface area contributed by atoms with Crippen molar-refractivity contribution in [3.63, 3.8) is 0 Å². The van der Waals surface area contributed by atoms with Crippen molar-refractivity contribution in [3.8, 4) is 0 Å². The largest absolute Gasteiger partial charge is 0.301 e. The Kier molecular flexibility index (Phi) is 6.14. The van der Waals surface area contributed by atoms with Gasteiger partial charge in [0.05, 0.1) is 20.8 Å². The number of thiazole rings is 1. The first-order valence-electron chi connectivity index (χ1n) is 8.55. The third-order valence-corrected chi connectivity index (χ3v) is 7.30. The Morgan fingerprint density at radius 1 is 1.31 bits per heavy atom. The average Bonchev–Trinajstić information content (AvgIpc) is 3.23. The van der Waals surface area contributed by atoms with E-state index in [0.29, 0.717) is 11.0 Å². The van der Waals surface area contributed by atoms with Crippen molar-refractivity contribution in [3.05, 3.63) is 39.8 Å². The lowest BCUT2D eigenvalue weighted by Crippen LogP contribution is -2.23. The van der Waals surface area contributed by atoms with E-state index >= 15 is 0 Å². The van der Waals surface area contributed by atoms with Crippen LogP contribution >= 0.6 is 27.3 Å². The Morgan fingerprint density at radius 2 is 1.96 bits per heavy atom. The molecule has 0 spiro atoms. The lowest BCUT2D eigenvalue weighted by atomic mass is 9.87. The zero-order chi connectivity index (χ0) is 18.7. The SMILES string of the molecule is CS(=O)(=O)c1ccc([C@@H](CC2CCCC2)C(=O)Nc2ncc(Br)s2)cc1. The zero-order valence-corrected chi connectivity index (χ0v) is 17.7. The molecule has 8 heteroatoms. The summed E-state index contributed by atoms with van der Waals surface area (Å²) in [5.74, 6) is 0.128. The maximum Gasteiger partial charge on any atom is 0.233 e. The van der Waals surface area contributed by atoms with Gasteiger partial charge in [-0.15, -0.1) is 0 Å². The molecule has 1 aromatic heterocycles. The van der Waals surface area contributed by atoms with Gasteiger partial charge in [0.15, 0.2) is 15.0 Å². The maximum atomic E-state index is 12.9. The van der Waals surface area contributed by atoms with Crippen LogP contribution in [0.5, 0.6) is 0 Å². The highest BCUT2D eigenvalue weighted by Gasteiger charge is 2.27. The molecule has 0 bridgehead atoms. The molecule has 5 nitrogen and oxygen atoms in total. The number of nitrogens with one attached hydrogen (secondary N) is 1. The molecule has 1 atom stereocenters. The fourth-order valence-corrected chi connectivity index (χ4v) is 5.17. The number of anilines is 1. The molecule has 1 amide bonds. The summed E-state index contributed by atoms with van der Waals surface area (Å²) in [6, 6.07) is 6.68. The topological polar surface area (TPSA) is 76.1 Å². The number of carbonyl (C=O) groups excluding carboxylic acids is 1. The predicted octanol–water partition coefficient (Wildman–Crippen LogP) is 4.61. The van der Waals surface area contributed by atoms with Crippen LogP contribution in [-0.2, 0) is 14.6 Å². The molecule has 0 radical (unpaired) electrons. The van der Waals surface area contributed by atoms with Gasteiger partial charge in [-0.05, 0) is 46.0 Å². The van der Waals surface area contributed by atoms with Crippen LogP contribution in [0.4, 0.5) is 5.13 Å². The number of aromatic nitrogens is 1. The Balaban J connectivity index is 1.83. The minimum absolute atomic E-state index is 0.0918. The molecule has 26 heavy (non-hydrogen) atoms. The van der Waals surface area contributed by atoms with Crippen LogP contribution < -0.4 is 5.32 Å². The van der Waals surface area contributed by atoms with Gasteiger partial charge in [0, 0.05) is 6.26 Å². The van der Waals surface area contributed by atoms with Gasteiger partial charge >= 0.3 is 0 Å². The van der Waals surface area contributed by atoms with E-state index in [1.165, 1.54) is 30.4 Å². The first-order valence-corrected chi connectivity index (χ1v) is 12.1. The van der Waals surface area contributed by atoms with Crippen LogP contribution in [0.1, 0.15) is 43.6 Å². The quantitative estimate of drug-likeness (QED) is 0.687. The first-order chi connectivity index (χ1) is 12.3. The van der Waals surface area contributed by atoms with E-state index in [2.05, 4.69) is 26.2 Å². The van der Waals surface area contributed by atoms with Gasteiger partial charge in [-0.1, -0.05) is 49.2 Å². The van der Waals surface area contributed by atoms with Gasteiger partial charge in [-0.2, -0.15) is 0 Å². The highest BCUT2D eigenvalue weighted by molar-refractivity contribution is 9.11. The van der Waals surface area contributed by atoms with Gasteiger partial charge < -0.3 is 5.32 Å². The van der Waals surface area contributed by atoms with Gasteiger partial charge in [0.1, 0.15) is 0 Å². The Bertz CT molecular complexity index is 872. The predicted molar refractivity (Wildman–Crippen MR) is 107 cm³/mol. The number of amides is 1. The van der Waals surface area contributed by atoms with E-state index in [1.54, 1.807) is 30.5 Å². The summed E-state index contributed by atoms with van der Waals surface area (Å²) in [5, 5.41) is 3.46. The molecule has 140 valence electrons. The molecule has 1 heterocycles. The summed E-state index contributed by atoms with van der Waals surface area (Å²) in [5.41, 5.74) is 0.845. The third-order valence-electron chi connectivity index (χ3n) is 4.78. The minimum atomic E-state index is -3.25. The van der Waals surface area contributed by atoms with Crippen molar-refractivity contribution >= 4 is 48.1 Å². The van der Waals surface area contributed by atoms with Crippen LogP contribution in [0.2, 0.25) is 0 Å². The second-order valence-electron chi connectivity index (χ2n) is 6.74. The molecule has 0 aliphatic heterocycles. The molecule has 1 N–H and O–H groups in total. The van der Waals surface area contributed by atoms with Crippen molar-refractivity contribution in [2.24, 2.45) is 5.92 Å². The van der Waals surface area contributed by atoms with Gasteiger partial charge in [0.2, 0.25) is 5.91 Å². The number of nitrogens with zero attached hydrogens (tertiary/aromatic N) is 1. The lowest BCUT2D eigenvalue weighted by molar-refractivity contribution is -0.118. The fourth-order valence-electron chi connectivity index (χ4n) is 3.43. The van der Waals surface area contributed by atoms with Crippen LogP contribution in [0, 0.1) is 5.92 Å². The van der Waals surface area contributed by atoms with Crippen molar-refractivity contribution < 1.29 is 13.2 Å². The maximum absolute atomic E-state index is 12.9. The monoisotopic (exact) mass is 456 g/mol. The van der Waals surface area contributed by atoms with E-state index < -0.39 is 9.84 Å². The molecule has 0 saturated heterocycles. The summed E-state index contributed by atoms with van der Waals surface area (Å²) < 4.78 is 24.2. The number of hydrogen-bond acceptors (Lipinski definition) is 5. The van der Waals surface area contributed by atoms with E-state index in [0.717, 1.165) is 28.6 Å². The third kappa shape index (κ3) is 4.92. The van der Waals surface area contributed by atoms with Crippen LogP contribution in [0.25, 0.3) is 0 Å². The average molecular weight is 457 g/mol. The molecule has 1 saturated carbocycles. The standard InChI is InChI=1S/C18H21BrN2O3S2/c1-26(23,24)14-8-6-13(7-9-14)15(10-12-4-2-3-5-12)17(22)21-18-20-11-16(19)25-18/h6-9,11-12,15H,2-5,10H2,1H3,(H,20,21,22)/t15-/m1/s1. The fraction of sp³-hybridized carbons (Fsp3) is 0.444. The Morgan fingerprint density at radius 3 is 2.50 bits per heavy atom. The van der Waals surface area contributed by atoms with Crippen molar-refractivity contribution in [2.45, 2.75) is 42.9 Å². The van der Waals surface area contributed by atoms with E-state index in [9.17, 15) is 13.2 Å². The molecule has 1 aliphatic carbocycles. The number of benzene rings is 1. The Labute approximate surface area is 166 Å². The number of sulfone groups is 1. The number of rotatable bonds is 6. The second kappa shape index (κ2) is 8.19. The number of carbonyl (C=O) groups is 1. The molecule has 0 unspecified atom stereocenters. The second-order valence-corrected chi connectivity index (χ2v) is 11.2. The highest BCUT2D eigenvalue weighted by Crippen LogP contribution is 2.35.